The van der Waals surface area contributed by atoms with Crippen molar-refractivity contribution in [3.05, 3.63) is 48.5 Å². The molecule has 160 valence electrons. The molecular weight excluding hydrogens is 475 g/mol. The van der Waals surface area contributed by atoms with Gasteiger partial charge in [0.1, 0.15) is 0 Å². The van der Waals surface area contributed by atoms with Gasteiger partial charge in [0.25, 0.3) is 0 Å². The van der Waals surface area contributed by atoms with Crippen LogP contribution in [0.5, 0.6) is 0 Å². The second kappa shape index (κ2) is 7.71. The molecule has 0 radical (unpaired) electrons. The first-order valence-corrected chi connectivity index (χ1v) is 12.9. The SMILES string of the molecule is CC(C)(C)P(Cl)(c1ccccc1-c1ccccc1N)(C(C)(C)C)C(C)(C)C.[Pd]. The van der Waals surface area contributed by atoms with Crippen LogP contribution in [0.2, 0.25) is 0 Å². The van der Waals surface area contributed by atoms with Crippen molar-refractivity contribution in [2.75, 3.05) is 5.73 Å². The van der Waals surface area contributed by atoms with E-state index in [9.17, 15) is 0 Å². The van der Waals surface area contributed by atoms with Crippen molar-refractivity contribution in [2.24, 2.45) is 0 Å². The Bertz CT molecular complexity index is 802. The number of halogens is 1. The molecule has 0 fully saturated rings. The maximum absolute atomic E-state index is 8.25. The summed E-state index contributed by atoms with van der Waals surface area (Å²) < 4.78 is 0. The first-order chi connectivity index (χ1) is 12.1. The van der Waals surface area contributed by atoms with Crippen LogP contribution in [-0.4, -0.2) is 15.5 Å². The van der Waals surface area contributed by atoms with Gasteiger partial charge in [-0.05, 0) is 0 Å². The number of hydrogen-bond donors (Lipinski definition) is 1. The molecule has 1 nitrogen and oxygen atoms in total. The van der Waals surface area contributed by atoms with E-state index in [1.165, 1.54) is 10.9 Å². The Labute approximate surface area is 191 Å². The molecule has 0 saturated carbocycles. The predicted octanol–water partition coefficient (Wildman–Crippen LogP) is 7.66. The number of nitrogen functional groups attached to an aromatic ring is 1. The van der Waals surface area contributed by atoms with Gasteiger partial charge in [-0.25, -0.2) is 0 Å². The van der Waals surface area contributed by atoms with Gasteiger partial charge in [-0.2, -0.15) is 0 Å². The summed E-state index contributed by atoms with van der Waals surface area (Å²) in [6.45, 7) is 20.9. The number of anilines is 1. The third kappa shape index (κ3) is 3.20. The second-order valence-electron chi connectivity index (χ2n) is 10.6. The molecule has 2 N–H and O–H groups in total. The van der Waals surface area contributed by atoms with E-state index in [-0.39, 0.29) is 35.9 Å². The van der Waals surface area contributed by atoms with Crippen molar-refractivity contribution in [1.82, 2.24) is 0 Å². The Balaban J connectivity index is 0.00000392. The summed E-state index contributed by atoms with van der Waals surface area (Å²) in [5, 5.41) is 0.950. The Morgan fingerprint density at radius 2 is 1.00 bits per heavy atom. The Kier molecular flexibility index (Phi) is 7.06. The van der Waals surface area contributed by atoms with Gasteiger partial charge < -0.3 is 0 Å². The first-order valence-electron chi connectivity index (χ1n) is 9.76. The number of para-hydroxylation sites is 1. The maximum atomic E-state index is 8.25. The van der Waals surface area contributed by atoms with Crippen molar-refractivity contribution in [3.8, 4) is 11.1 Å². The van der Waals surface area contributed by atoms with Gasteiger partial charge in [0.2, 0.25) is 0 Å². The monoisotopic (exact) mass is 511 g/mol. The van der Waals surface area contributed by atoms with E-state index >= 15 is 0 Å². The van der Waals surface area contributed by atoms with E-state index in [2.05, 4.69) is 98.7 Å². The average molecular weight is 512 g/mol. The zero-order chi connectivity index (χ0) is 20.9. The number of nitrogens with two attached hydrogens (primary N) is 1. The minimum Gasteiger partial charge on any atom is 0 e. The van der Waals surface area contributed by atoms with Crippen molar-refractivity contribution in [3.63, 3.8) is 0 Å². The van der Waals surface area contributed by atoms with Gasteiger partial charge in [0.05, 0.1) is 0 Å². The van der Waals surface area contributed by atoms with Gasteiger partial charge in [-0.15, -0.1) is 0 Å². The fourth-order valence-electron chi connectivity index (χ4n) is 5.91. The summed E-state index contributed by atoms with van der Waals surface area (Å²) in [5.41, 5.74) is 9.44. The predicted molar refractivity (Wildman–Crippen MR) is 128 cm³/mol. The number of benzene rings is 2. The van der Waals surface area contributed by atoms with E-state index in [4.69, 9.17) is 17.0 Å². The summed E-state index contributed by atoms with van der Waals surface area (Å²) in [7, 11) is 0. The normalized spacial score (nSPS) is 14.7. The minimum atomic E-state index is -3.13. The first kappa shape index (κ1) is 25.7. The molecule has 2 rings (SSSR count). The van der Waals surface area contributed by atoms with Crippen molar-refractivity contribution < 1.29 is 20.4 Å². The zero-order valence-electron chi connectivity index (χ0n) is 18.8. The molecule has 0 aliphatic heterocycles. The van der Waals surface area contributed by atoms with Crippen LogP contribution in [0.15, 0.2) is 48.5 Å². The summed E-state index contributed by atoms with van der Waals surface area (Å²) >= 11 is 8.25. The fraction of sp³-hybridized carbons (Fsp3) is 0.500. The van der Waals surface area contributed by atoms with Gasteiger partial charge >= 0.3 is 171 Å². The molecule has 0 heterocycles. The molecule has 0 atom stereocenters. The van der Waals surface area contributed by atoms with Crippen molar-refractivity contribution >= 4 is 28.2 Å². The standard InChI is InChI=1S/C24H37ClNP.Pd/c1-22(2,3)27(25,23(4,5)6,24(7,8)9)21-17-13-11-15-19(21)18-14-10-12-16-20(18)26;/h10-17H,26H2,1-9H3;. The molecule has 28 heavy (non-hydrogen) atoms. The van der Waals surface area contributed by atoms with E-state index in [0.29, 0.717) is 0 Å². The van der Waals surface area contributed by atoms with E-state index in [1.807, 2.05) is 12.1 Å². The molecule has 0 aliphatic rings. The Hall–Kier alpha value is -0.378. The smallest absolute Gasteiger partial charge is 0 e. The summed E-state index contributed by atoms with van der Waals surface area (Å²) in [5.74, 6) is -3.13. The van der Waals surface area contributed by atoms with Gasteiger partial charge in [-0.1, -0.05) is 0 Å². The minimum absolute atomic E-state index is 0. The molecule has 0 unspecified atom stereocenters. The Morgan fingerprint density at radius 3 is 1.39 bits per heavy atom. The van der Waals surface area contributed by atoms with Crippen LogP contribution < -0.4 is 11.0 Å². The van der Waals surface area contributed by atoms with Crippen molar-refractivity contribution in [2.45, 2.75) is 77.8 Å². The fourth-order valence-corrected chi connectivity index (χ4v) is 15.6. The molecule has 0 spiro atoms. The van der Waals surface area contributed by atoms with Crippen LogP contribution >= 0.6 is 17.2 Å². The third-order valence-corrected chi connectivity index (χ3v) is 20.4. The molecule has 0 bridgehead atoms. The summed E-state index contributed by atoms with van der Waals surface area (Å²) in [4.78, 5) is 0. The molecule has 0 aromatic heterocycles. The van der Waals surface area contributed by atoms with Crippen LogP contribution in [0, 0.1) is 0 Å². The molecular formula is C24H37ClNPPd. The topological polar surface area (TPSA) is 26.0 Å². The van der Waals surface area contributed by atoms with Gasteiger partial charge in [0.15, 0.2) is 0 Å². The van der Waals surface area contributed by atoms with Crippen LogP contribution in [0.1, 0.15) is 62.3 Å². The molecule has 0 amide bonds. The number of hydrogen-bond acceptors (Lipinski definition) is 1. The molecule has 2 aromatic carbocycles. The molecule has 0 saturated heterocycles. The molecule has 0 aliphatic carbocycles. The van der Waals surface area contributed by atoms with E-state index in [0.717, 1.165) is 11.3 Å². The van der Waals surface area contributed by atoms with E-state index < -0.39 is 5.96 Å². The Morgan fingerprint density at radius 1 is 0.643 bits per heavy atom. The van der Waals surface area contributed by atoms with Gasteiger partial charge in [0, 0.05) is 20.4 Å². The summed E-state index contributed by atoms with van der Waals surface area (Å²) in [6.07, 6.45) is 0. The van der Waals surface area contributed by atoms with Gasteiger partial charge in [-0.3, -0.25) is 0 Å². The largest absolute Gasteiger partial charge is 0 e. The molecule has 4 heteroatoms. The van der Waals surface area contributed by atoms with Crippen LogP contribution in [-0.2, 0) is 20.4 Å². The maximum Gasteiger partial charge on any atom is 0 e. The number of rotatable bonds is 2. The van der Waals surface area contributed by atoms with Crippen LogP contribution in [0.25, 0.3) is 11.1 Å². The second-order valence-corrected chi connectivity index (χ2v) is 19.2. The zero-order valence-corrected chi connectivity index (χ0v) is 22.0. The quantitative estimate of drug-likeness (QED) is 0.250. The summed E-state index contributed by atoms with van der Waals surface area (Å²) in [6, 6.07) is 16.8. The van der Waals surface area contributed by atoms with E-state index in [1.54, 1.807) is 0 Å². The third-order valence-electron chi connectivity index (χ3n) is 6.39. The average Bonchev–Trinajstić information content (AvgIpc) is 2.51. The van der Waals surface area contributed by atoms with Crippen molar-refractivity contribution in [1.29, 1.82) is 0 Å². The molecule has 2 aromatic rings. The van der Waals surface area contributed by atoms with Crippen LogP contribution in [0.3, 0.4) is 0 Å². The van der Waals surface area contributed by atoms with Crippen LogP contribution in [0.4, 0.5) is 5.69 Å².